The number of nitrogens with zero attached hydrogens (tertiary/aromatic N) is 1. The molecule has 1 amide bonds. The highest BCUT2D eigenvalue weighted by molar-refractivity contribution is 6.38. The van der Waals surface area contributed by atoms with Gasteiger partial charge in [-0.05, 0) is 117 Å². The zero-order chi connectivity index (χ0) is 41.1. The summed E-state index contributed by atoms with van der Waals surface area (Å²) >= 11 is 0. The highest BCUT2D eigenvalue weighted by Gasteiger charge is 2.42. The van der Waals surface area contributed by atoms with Gasteiger partial charge in [-0.2, -0.15) is 0 Å². The number of Topliss-reactive ketones (excluding diaryl/α,β-unsaturated/α-hetero) is 1. The summed E-state index contributed by atoms with van der Waals surface area (Å²) in [5.41, 5.74) is -1.28. The molecule has 55 heavy (non-hydrogen) atoms. The van der Waals surface area contributed by atoms with Crippen LogP contribution in [0.25, 0.3) is 0 Å². The molecule has 13 nitrogen and oxygen atoms in total. The third-order valence-corrected chi connectivity index (χ3v) is 8.52. The van der Waals surface area contributed by atoms with E-state index < -0.39 is 58.4 Å². The van der Waals surface area contributed by atoms with Crippen molar-refractivity contribution >= 4 is 29.6 Å². The van der Waals surface area contributed by atoms with E-state index >= 15 is 0 Å². The minimum atomic E-state index is -1.35. The summed E-state index contributed by atoms with van der Waals surface area (Å²) in [5.74, 6) is -1.85. The molecule has 1 saturated heterocycles. The van der Waals surface area contributed by atoms with Crippen LogP contribution in [-0.4, -0.2) is 85.7 Å². The number of likely N-dealkylation sites (tertiary alicyclic amines) is 1. The lowest BCUT2D eigenvalue weighted by molar-refractivity contribution is -0.165. The van der Waals surface area contributed by atoms with Crippen LogP contribution in [0.4, 0.5) is 0 Å². The Bertz CT molecular complexity index is 1700. The molecule has 1 fully saturated rings. The number of esters is 3. The highest BCUT2D eigenvalue weighted by atomic mass is 16.6. The van der Waals surface area contributed by atoms with E-state index in [2.05, 4.69) is 6.58 Å². The Morgan fingerprint density at radius 3 is 2.24 bits per heavy atom. The molecule has 302 valence electrons. The molecule has 2 aromatic carbocycles. The quantitative estimate of drug-likeness (QED) is 0.0745. The van der Waals surface area contributed by atoms with Crippen LogP contribution in [-0.2, 0) is 44.6 Å². The standard InChI is InChI=1S/C42H57NO12/c1-12-33(44)52-26-42(8,9)37(46)38(47)43-23-14-13-18-30(43)39(48)53-31(28-16-15-17-29(24-28)51-25-34(45)54-40(2,3)4)21-19-27-20-22-32(49-10)36(50-11)35(27)55-41(5,6)7/h12,15-17,20,22,24,30-31H,1,13-14,18-19,21,23,25-26H2,2-11H3/t30-,31+/m0/s1. The molecule has 0 radical (unpaired) electrons. The number of hydrogen-bond donors (Lipinski definition) is 0. The normalized spacial score (nSPS) is 15.2. The minimum Gasteiger partial charge on any atom is -0.493 e. The second-order valence-electron chi connectivity index (χ2n) is 16.0. The van der Waals surface area contributed by atoms with Crippen LogP contribution in [0.1, 0.15) is 98.3 Å². The lowest BCUT2D eigenvalue weighted by Crippen LogP contribution is -2.53. The lowest BCUT2D eigenvalue weighted by atomic mass is 9.87. The van der Waals surface area contributed by atoms with E-state index in [1.165, 1.54) is 33.0 Å². The number of piperidine rings is 1. The molecule has 0 N–H and O–H groups in total. The number of amides is 1. The second kappa shape index (κ2) is 19.0. The van der Waals surface area contributed by atoms with E-state index in [-0.39, 0.29) is 32.6 Å². The van der Waals surface area contributed by atoms with E-state index in [4.69, 9.17) is 33.2 Å². The number of ketones is 1. The molecule has 1 aliphatic heterocycles. The van der Waals surface area contributed by atoms with E-state index in [9.17, 15) is 24.0 Å². The molecule has 0 saturated carbocycles. The molecule has 1 heterocycles. The van der Waals surface area contributed by atoms with Gasteiger partial charge < -0.3 is 38.1 Å². The Kier molecular flexibility index (Phi) is 15.3. The zero-order valence-corrected chi connectivity index (χ0v) is 33.9. The van der Waals surface area contributed by atoms with Crippen molar-refractivity contribution < 1.29 is 57.1 Å². The average Bonchev–Trinajstić information content (AvgIpc) is 3.12. The van der Waals surface area contributed by atoms with Crippen LogP contribution in [0.2, 0.25) is 0 Å². The Morgan fingerprint density at radius 1 is 0.909 bits per heavy atom. The van der Waals surface area contributed by atoms with Crippen molar-refractivity contribution in [2.24, 2.45) is 5.41 Å². The van der Waals surface area contributed by atoms with Gasteiger partial charge in [-0.25, -0.2) is 14.4 Å². The molecule has 0 unspecified atom stereocenters. The SMILES string of the molecule is C=CC(=O)OCC(C)(C)C(=O)C(=O)N1CCCC[C@H]1C(=O)O[C@H](CCc1ccc(OC)c(OC)c1OC(C)(C)C)c1cccc(OCC(=O)OC(C)(C)C)c1. The maximum absolute atomic E-state index is 14.1. The summed E-state index contributed by atoms with van der Waals surface area (Å²) in [4.78, 5) is 66.6. The molecule has 2 aromatic rings. The minimum absolute atomic E-state index is 0.171. The monoisotopic (exact) mass is 767 g/mol. The van der Waals surface area contributed by atoms with Gasteiger partial charge in [0.1, 0.15) is 35.7 Å². The Hall–Kier alpha value is -5.07. The third-order valence-electron chi connectivity index (χ3n) is 8.52. The van der Waals surface area contributed by atoms with Crippen molar-refractivity contribution in [2.75, 3.05) is 34.0 Å². The average molecular weight is 768 g/mol. The van der Waals surface area contributed by atoms with Crippen LogP contribution in [0.15, 0.2) is 49.1 Å². The van der Waals surface area contributed by atoms with E-state index in [0.717, 1.165) is 11.6 Å². The van der Waals surface area contributed by atoms with Crippen LogP contribution in [0, 0.1) is 5.41 Å². The summed E-state index contributed by atoms with van der Waals surface area (Å²) in [6.45, 7) is 16.9. The number of benzene rings is 2. The first-order chi connectivity index (χ1) is 25.7. The summed E-state index contributed by atoms with van der Waals surface area (Å²) in [7, 11) is 3.07. The summed E-state index contributed by atoms with van der Waals surface area (Å²) < 4.78 is 40.1. The largest absolute Gasteiger partial charge is 0.493 e. The Balaban J connectivity index is 1.97. The summed E-state index contributed by atoms with van der Waals surface area (Å²) in [6.07, 6.45) is 2.24. The van der Waals surface area contributed by atoms with Crippen molar-refractivity contribution in [3.8, 4) is 23.0 Å². The number of ether oxygens (including phenoxy) is 7. The first-order valence-corrected chi connectivity index (χ1v) is 18.4. The van der Waals surface area contributed by atoms with Crippen molar-refractivity contribution in [2.45, 2.75) is 111 Å². The molecule has 1 aliphatic rings. The van der Waals surface area contributed by atoms with Crippen molar-refractivity contribution in [1.29, 1.82) is 0 Å². The van der Waals surface area contributed by atoms with Crippen LogP contribution >= 0.6 is 0 Å². The number of methoxy groups -OCH3 is 2. The lowest BCUT2D eigenvalue weighted by Gasteiger charge is -2.36. The maximum atomic E-state index is 14.1. The molecule has 2 atom stereocenters. The molecule has 0 aliphatic carbocycles. The van der Waals surface area contributed by atoms with E-state index in [0.29, 0.717) is 47.8 Å². The predicted octanol–water partition coefficient (Wildman–Crippen LogP) is 6.52. The second-order valence-corrected chi connectivity index (χ2v) is 16.0. The summed E-state index contributed by atoms with van der Waals surface area (Å²) in [5, 5.41) is 0. The van der Waals surface area contributed by atoms with Gasteiger partial charge in [0.05, 0.1) is 19.6 Å². The molecule has 3 rings (SSSR count). The fourth-order valence-electron chi connectivity index (χ4n) is 5.89. The van der Waals surface area contributed by atoms with Gasteiger partial charge in [0.25, 0.3) is 5.91 Å². The van der Waals surface area contributed by atoms with Crippen molar-refractivity contribution in [1.82, 2.24) is 4.90 Å². The first-order valence-electron chi connectivity index (χ1n) is 18.4. The number of carbonyl (C=O) groups excluding carboxylic acids is 5. The van der Waals surface area contributed by atoms with E-state index in [1.807, 2.05) is 26.8 Å². The predicted molar refractivity (Wildman–Crippen MR) is 204 cm³/mol. The maximum Gasteiger partial charge on any atom is 0.344 e. The smallest absolute Gasteiger partial charge is 0.344 e. The summed E-state index contributed by atoms with van der Waals surface area (Å²) in [6, 6.07) is 9.47. The topological polar surface area (TPSA) is 153 Å². The number of carbonyl (C=O) groups is 5. The molecule has 13 heteroatoms. The molecule has 0 spiro atoms. The molecular formula is C42H57NO12. The van der Waals surface area contributed by atoms with Gasteiger partial charge in [0, 0.05) is 12.6 Å². The third kappa shape index (κ3) is 13.0. The van der Waals surface area contributed by atoms with Gasteiger partial charge in [0.2, 0.25) is 11.5 Å². The Labute approximate surface area is 324 Å². The van der Waals surface area contributed by atoms with Crippen molar-refractivity contribution in [3.63, 3.8) is 0 Å². The van der Waals surface area contributed by atoms with Crippen LogP contribution in [0.3, 0.4) is 0 Å². The molecule has 0 bridgehead atoms. The zero-order valence-electron chi connectivity index (χ0n) is 33.9. The first kappa shape index (κ1) is 44.3. The fourth-order valence-corrected chi connectivity index (χ4v) is 5.89. The number of hydrogen-bond acceptors (Lipinski definition) is 12. The number of aryl methyl sites for hydroxylation is 1. The Morgan fingerprint density at radius 2 is 1.62 bits per heavy atom. The van der Waals surface area contributed by atoms with Crippen LogP contribution in [0.5, 0.6) is 23.0 Å². The highest BCUT2D eigenvalue weighted by Crippen LogP contribution is 2.43. The van der Waals surface area contributed by atoms with E-state index in [1.54, 1.807) is 51.1 Å². The number of rotatable bonds is 17. The van der Waals surface area contributed by atoms with Gasteiger partial charge >= 0.3 is 17.9 Å². The van der Waals surface area contributed by atoms with Crippen molar-refractivity contribution in [3.05, 3.63) is 60.2 Å². The van der Waals surface area contributed by atoms with Gasteiger partial charge in [0.15, 0.2) is 18.1 Å². The molecular weight excluding hydrogens is 710 g/mol. The molecule has 0 aromatic heterocycles. The van der Waals surface area contributed by atoms with Gasteiger partial charge in [-0.3, -0.25) is 9.59 Å². The van der Waals surface area contributed by atoms with Crippen LogP contribution < -0.4 is 18.9 Å². The fraction of sp³-hybridized carbons (Fsp3) is 0.548. The van der Waals surface area contributed by atoms with Gasteiger partial charge in [-0.15, -0.1) is 0 Å². The van der Waals surface area contributed by atoms with Gasteiger partial charge in [-0.1, -0.05) is 24.8 Å².